The summed E-state index contributed by atoms with van der Waals surface area (Å²) < 4.78 is 11.9. The number of amides is 1. The summed E-state index contributed by atoms with van der Waals surface area (Å²) in [7, 11) is 0. The van der Waals surface area contributed by atoms with Crippen LogP contribution in [0.2, 0.25) is 0 Å². The molecule has 0 spiro atoms. The van der Waals surface area contributed by atoms with E-state index in [1.807, 2.05) is 34.9 Å². The molecule has 1 amide bonds. The number of carbonyl (C=O) groups excluding carboxylic acids is 2. The van der Waals surface area contributed by atoms with Gasteiger partial charge in [-0.15, -0.1) is 0 Å². The van der Waals surface area contributed by atoms with E-state index in [0.717, 1.165) is 5.56 Å². The number of rotatable bonds is 12. The van der Waals surface area contributed by atoms with E-state index >= 15 is 0 Å². The van der Waals surface area contributed by atoms with Gasteiger partial charge in [0.2, 0.25) is 0 Å². The second-order valence-electron chi connectivity index (χ2n) is 8.16. The molecule has 0 saturated carbocycles. The van der Waals surface area contributed by atoms with Crippen molar-refractivity contribution >= 4 is 34.9 Å². The molecule has 0 unspecified atom stereocenters. The molecule has 2 atom stereocenters. The summed E-state index contributed by atoms with van der Waals surface area (Å²) in [4.78, 5) is 50.0. The number of fused-ring (bicyclic) bond motifs is 1. The van der Waals surface area contributed by atoms with Crippen LogP contribution < -0.4 is 5.32 Å². The lowest BCUT2D eigenvalue weighted by Gasteiger charge is -2.28. The van der Waals surface area contributed by atoms with Crippen LogP contribution in [-0.2, 0) is 30.4 Å². The Morgan fingerprint density at radius 2 is 1.65 bits per heavy atom. The lowest BCUT2D eigenvalue weighted by Crippen LogP contribution is -2.50. The number of aliphatic carboxylic acids is 2. The minimum absolute atomic E-state index is 0.0774. The quantitative estimate of drug-likeness (QED) is 0.192. The number of nitrogens with one attached hydrogen (secondary N) is 1. The summed E-state index contributed by atoms with van der Waals surface area (Å²) in [6.45, 7) is 5.14. The molecule has 0 radical (unpaired) electrons. The molecular weight excluding hydrogens is 480 g/mol. The van der Waals surface area contributed by atoms with E-state index < -0.39 is 41.9 Å². The van der Waals surface area contributed by atoms with Crippen molar-refractivity contribution in [2.45, 2.75) is 25.4 Å². The Balaban J connectivity index is 2.22. The molecule has 3 rings (SSSR count). The van der Waals surface area contributed by atoms with Gasteiger partial charge in [-0.2, -0.15) is 0 Å². The minimum Gasteiger partial charge on any atom is -0.481 e. The molecule has 2 aromatic carbocycles. The van der Waals surface area contributed by atoms with E-state index in [1.54, 1.807) is 30.5 Å². The third-order valence-corrected chi connectivity index (χ3v) is 5.77. The molecule has 0 saturated heterocycles. The number of carbonyl (C=O) groups is 4. The van der Waals surface area contributed by atoms with Crippen LogP contribution in [0.15, 0.2) is 73.4 Å². The maximum atomic E-state index is 13.0. The molecule has 0 fully saturated rings. The van der Waals surface area contributed by atoms with Gasteiger partial charge in [0.1, 0.15) is 12.6 Å². The van der Waals surface area contributed by atoms with Gasteiger partial charge >= 0.3 is 24.0 Å². The van der Waals surface area contributed by atoms with E-state index in [1.165, 1.54) is 13.0 Å². The normalized spacial score (nSPS) is 12.5. The molecule has 1 heterocycles. The van der Waals surface area contributed by atoms with E-state index in [0.29, 0.717) is 17.4 Å². The number of para-hydroxylation sites is 1. The van der Waals surface area contributed by atoms with Crippen molar-refractivity contribution in [1.29, 1.82) is 0 Å². The molecule has 194 valence electrons. The molecule has 10 heteroatoms. The summed E-state index contributed by atoms with van der Waals surface area (Å²) in [5, 5.41) is 22.7. The fourth-order valence-corrected chi connectivity index (χ4v) is 4.25. The number of aromatic nitrogens is 1. The molecule has 0 aliphatic carbocycles. The van der Waals surface area contributed by atoms with E-state index in [-0.39, 0.29) is 18.8 Å². The van der Waals surface area contributed by atoms with Crippen LogP contribution in [0, 0.1) is 5.92 Å². The van der Waals surface area contributed by atoms with Crippen LogP contribution in [0.5, 0.6) is 0 Å². The number of carboxylic acid groups (broad SMARTS) is 2. The predicted octanol–water partition coefficient (Wildman–Crippen LogP) is 3.40. The number of hydrogen-bond acceptors (Lipinski definition) is 6. The number of alkyl carbamates (subject to hydrolysis) is 1. The highest BCUT2D eigenvalue weighted by atomic mass is 16.6. The molecule has 3 N–H and O–H groups in total. The summed E-state index contributed by atoms with van der Waals surface area (Å²) in [6, 6.07) is 14.8. The van der Waals surface area contributed by atoms with Crippen molar-refractivity contribution in [3.8, 4) is 0 Å². The lowest BCUT2D eigenvalue weighted by atomic mass is 9.80. The fourth-order valence-electron chi connectivity index (χ4n) is 4.25. The minimum atomic E-state index is -2.09. The number of benzene rings is 2. The van der Waals surface area contributed by atoms with E-state index in [4.69, 9.17) is 9.47 Å². The zero-order valence-electron chi connectivity index (χ0n) is 20.2. The zero-order valence-corrected chi connectivity index (χ0v) is 20.2. The highest BCUT2D eigenvalue weighted by Crippen LogP contribution is 2.36. The maximum absolute atomic E-state index is 13.0. The summed E-state index contributed by atoms with van der Waals surface area (Å²) in [5.41, 5.74) is 1.90. The number of esters is 1. The Morgan fingerprint density at radius 1 is 1.00 bits per heavy atom. The summed E-state index contributed by atoms with van der Waals surface area (Å²) >= 11 is 0. The van der Waals surface area contributed by atoms with Crippen LogP contribution in [-0.4, -0.2) is 58.0 Å². The summed E-state index contributed by atoms with van der Waals surface area (Å²) in [5.74, 6) is -7.96. The van der Waals surface area contributed by atoms with Crippen molar-refractivity contribution in [2.24, 2.45) is 5.92 Å². The van der Waals surface area contributed by atoms with Gasteiger partial charge in [0.25, 0.3) is 0 Å². The highest BCUT2D eigenvalue weighted by molar-refractivity contribution is 5.98. The largest absolute Gasteiger partial charge is 0.481 e. The average Bonchev–Trinajstić information content (AvgIpc) is 3.23. The Hall–Kier alpha value is -4.60. The van der Waals surface area contributed by atoms with Crippen molar-refractivity contribution in [3.05, 3.63) is 84.6 Å². The van der Waals surface area contributed by atoms with Crippen molar-refractivity contribution in [3.63, 3.8) is 0 Å². The smallest absolute Gasteiger partial charge is 0.408 e. The Labute approximate surface area is 213 Å². The monoisotopic (exact) mass is 508 g/mol. The van der Waals surface area contributed by atoms with Crippen molar-refractivity contribution < 1.29 is 38.9 Å². The predicted molar refractivity (Wildman–Crippen MR) is 134 cm³/mol. The van der Waals surface area contributed by atoms with Crippen LogP contribution in [0.3, 0.4) is 0 Å². The van der Waals surface area contributed by atoms with Crippen molar-refractivity contribution in [2.75, 3.05) is 13.2 Å². The standard InChI is InChI=1S/C27H28N2O8/c1-3-14-37-27(35)28-23(26(34)36-4-2)21(22(24(30)31)25(32)33)19-16-29(15-17-10-6-5-7-11-17)20-13-9-8-12-18(19)20/h3,5-13,16,21-23H,1,4,14-15H2,2H3,(H,28,35)(H,30,31)(H,32,33)/t21-,23+/m1/s1. The third kappa shape index (κ3) is 6.35. The van der Waals surface area contributed by atoms with Crippen LogP contribution in [0.25, 0.3) is 10.9 Å². The number of carboxylic acids is 2. The molecule has 37 heavy (non-hydrogen) atoms. The van der Waals surface area contributed by atoms with Gasteiger partial charge in [-0.25, -0.2) is 9.59 Å². The Kier molecular flexibility index (Phi) is 9.04. The summed E-state index contributed by atoms with van der Waals surface area (Å²) in [6.07, 6.45) is 1.88. The van der Waals surface area contributed by atoms with E-state index in [2.05, 4.69) is 11.9 Å². The van der Waals surface area contributed by atoms with Gasteiger partial charge in [0.15, 0.2) is 5.92 Å². The third-order valence-electron chi connectivity index (χ3n) is 5.77. The molecule has 3 aromatic rings. The molecular formula is C27H28N2O8. The second kappa shape index (κ2) is 12.4. The first kappa shape index (κ1) is 27.0. The molecule has 0 aliphatic heterocycles. The lowest BCUT2D eigenvalue weighted by molar-refractivity contribution is -0.157. The van der Waals surface area contributed by atoms with Gasteiger partial charge in [0, 0.05) is 29.6 Å². The number of nitrogens with zero attached hydrogens (tertiary/aromatic N) is 1. The molecule has 0 aliphatic rings. The molecule has 10 nitrogen and oxygen atoms in total. The SMILES string of the molecule is C=CCOC(=O)N[C@H](C(=O)OCC)[C@H](c1cn(Cc2ccccc2)c2ccccc12)C(C(=O)O)C(=O)O. The topological polar surface area (TPSA) is 144 Å². The van der Waals surface area contributed by atoms with Crippen LogP contribution >= 0.6 is 0 Å². The Bertz CT molecular complexity index is 1270. The highest BCUT2D eigenvalue weighted by Gasteiger charge is 2.46. The average molecular weight is 509 g/mol. The van der Waals surface area contributed by atoms with Gasteiger partial charge in [0.05, 0.1) is 6.61 Å². The second-order valence-corrected chi connectivity index (χ2v) is 8.16. The van der Waals surface area contributed by atoms with Gasteiger partial charge < -0.3 is 29.6 Å². The maximum Gasteiger partial charge on any atom is 0.408 e. The van der Waals surface area contributed by atoms with Crippen molar-refractivity contribution in [1.82, 2.24) is 9.88 Å². The van der Waals surface area contributed by atoms with E-state index in [9.17, 15) is 29.4 Å². The first-order chi connectivity index (χ1) is 17.8. The van der Waals surface area contributed by atoms with Crippen LogP contribution in [0.1, 0.15) is 24.0 Å². The molecule has 0 bridgehead atoms. The first-order valence-electron chi connectivity index (χ1n) is 11.6. The molecule has 1 aromatic heterocycles. The first-order valence-corrected chi connectivity index (χ1v) is 11.6. The zero-order chi connectivity index (χ0) is 26.9. The van der Waals surface area contributed by atoms with Gasteiger partial charge in [-0.3, -0.25) is 9.59 Å². The van der Waals surface area contributed by atoms with Crippen LogP contribution in [0.4, 0.5) is 4.79 Å². The van der Waals surface area contributed by atoms with Gasteiger partial charge in [-0.05, 0) is 24.1 Å². The number of hydrogen-bond donors (Lipinski definition) is 3. The van der Waals surface area contributed by atoms with Gasteiger partial charge in [-0.1, -0.05) is 61.2 Å². The fraction of sp³-hybridized carbons (Fsp3) is 0.259. The Morgan fingerprint density at radius 3 is 2.27 bits per heavy atom. The number of ether oxygens (including phenoxy) is 2.